The molecule has 1 unspecified atom stereocenters. The SMILES string of the molecule is OCC1(Cc2cccc(Cl)c2)CCNC1. The fourth-order valence-electron chi connectivity index (χ4n) is 2.22. The highest BCUT2D eigenvalue weighted by Gasteiger charge is 2.33. The van der Waals surface area contributed by atoms with Crippen molar-refractivity contribution in [2.75, 3.05) is 19.7 Å². The molecular weight excluding hydrogens is 210 g/mol. The summed E-state index contributed by atoms with van der Waals surface area (Å²) in [6.07, 6.45) is 1.94. The van der Waals surface area contributed by atoms with E-state index >= 15 is 0 Å². The van der Waals surface area contributed by atoms with Gasteiger partial charge in [-0.05, 0) is 37.1 Å². The Morgan fingerprint density at radius 1 is 1.47 bits per heavy atom. The van der Waals surface area contributed by atoms with E-state index in [1.807, 2.05) is 18.2 Å². The summed E-state index contributed by atoms with van der Waals surface area (Å²) in [5, 5.41) is 13.6. The molecule has 1 saturated heterocycles. The summed E-state index contributed by atoms with van der Waals surface area (Å²) >= 11 is 5.94. The fourth-order valence-corrected chi connectivity index (χ4v) is 2.43. The van der Waals surface area contributed by atoms with Crippen molar-refractivity contribution in [3.63, 3.8) is 0 Å². The molecule has 2 rings (SSSR count). The van der Waals surface area contributed by atoms with E-state index in [2.05, 4.69) is 11.4 Å². The highest BCUT2D eigenvalue weighted by atomic mass is 35.5. The number of benzene rings is 1. The predicted molar refractivity (Wildman–Crippen MR) is 62.2 cm³/mol. The Labute approximate surface area is 95.3 Å². The highest BCUT2D eigenvalue weighted by Crippen LogP contribution is 2.30. The van der Waals surface area contributed by atoms with E-state index in [-0.39, 0.29) is 12.0 Å². The van der Waals surface area contributed by atoms with Crippen LogP contribution in [0.1, 0.15) is 12.0 Å². The molecule has 0 spiro atoms. The molecule has 15 heavy (non-hydrogen) atoms. The Morgan fingerprint density at radius 2 is 2.33 bits per heavy atom. The van der Waals surface area contributed by atoms with Gasteiger partial charge < -0.3 is 10.4 Å². The molecule has 1 aromatic rings. The average molecular weight is 226 g/mol. The van der Waals surface area contributed by atoms with Crippen molar-refractivity contribution in [1.82, 2.24) is 5.32 Å². The van der Waals surface area contributed by atoms with Gasteiger partial charge in [0, 0.05) is 17.0 Å². The minimum Gasteiger partial charge on any atom is -0.396 e. The van der Waals surface area contributed by atoms with Crippen molar-refractivity contribution in [3.05, 3.63) is 34.9 Å². The van der Waals surface area contributed by atoms with Crippen molar-refractivity contribution < 1.29 is 5.11 Å². The molecule has 1 aromatic carbocycles. The zero-order valence-corrected chi connectivity index (χ0v) is 9.43. The van der Waals surface area contributed by atoms with Crippen molar-refractivity contribution in [3.8, 4) is 0 Å². The number of aliphatic hydroxyl groups is 1. The smallest absolute Gasteiger partial charge is 0.0503 e. The van der Waals surface area contributed by atoms with Gasteiger partial charge >= 0.3 is 0 Å². The van der Waals surface area contributed by atoms with E-state index in [0.717, 1.165) is 31.0 Å². The van der Waals surface area contributed by atoms with E-state index in [0.29, 0.717) is 0 Å². The van der Waals surface area contributed by atoms with Gasteiger partial charge in [0.25, 0.3) is 0 Å². The normalized spacial score (nSPS) is 25.7. The Balaban J connectivity index is 2.12. The second kappa shape index (κ2) is 4.52. The van der Waals surface area contributed by atoms with Gasteiger partial charge in [-0.3, -0.25) is 0 Å². The van der Waals surface area contributed by atoms with E-state index < -0.39 is 0 Å². The second-order valence-electron chi connectivity index (χ2n) is 4.39. The summed E-state index contributed by atoms with van der Waals surface area (Å²) in [6, 6.07) is 7.90. The maximum Gasteiger partial charge on any atom is 0.0503 e. The maximum absolute atomic E-state index is 9.47. The van der Waals surface area contributed by atoms with E-state index in [9.17, 15) is 5.11 Å². The van der Waals surface area contributed by atoms with Gasteiger partial charge in [0.1, 0.15) is 0 Å². The number of hydrogen-bond acceptors (Lipinski definition) is 2. The first kappa shape index (κ1) is 10.9. The fraction of sp³-hybridized carbons (Fsp3) is 0.500. The molecule has 3 heteroatoms. The number of aliphatic hydroxyl groups excluding tert-OH is 1. The first-order valence-electron chi connectivity index (χ1n) is 5.30. The van der Waals surface area contributed by atoms with Crippen LogP contribution in [0.2, 0.25) is 5.02 Å². The van der Waals surface area contributed by atoms with Gasteiger partial charge in [-0.1, -0.05) is 23.7 Å². The second-order valence-corrected chi connectivity index (χ2v) is 4.83. The molecule has 0 bridgehead atoms. The Morgan fingerprint density at radius 3 is 2.93 bits per heavy atom. The first-order chi connectivity index (χ1) is 7.24. The van der Waals surface area contributed by atoms with Gasteiger partial charge in [-0.2, -0.15) is 0 Å². The molecule has 0 aliphatic carbocycles. The monoisotopic (exact) mass is 225 g/mol. The Hall–Kier alpha value is -0.570. The van der Waals surface area contributed by atoms with Crippen LogP contribution < -0.4 is 5.32 Å². The van der Waals surface area contributed by atoms with Crippen LogP contribution in [0.15, 0.2) is 24.3 Å². The standard InChI is InChI=1S/C12H16ClNO/c13-11-3-1-2-10(6-11)7-12(9-15)4-5-14-8-12/h1-3,6,14-15H,4-5,7-9H2. The molecule has 0 amide bonds. The third-order valence-corrected chi connectivity index (χ3v) is 3.37. The maximum atomic E-state index is 9.47. The summed E-state index contributed by atoms with van der Waals surface area (Å²) in [6.45, 7) is 2.14. The van der Waals surface area contributed by atoms with Crippen LogP contribution in [-0.2, 0) is 6.42 Å². The molecule has 1 aliphatic heterocycles. The molecule has 1 aliphatic rings. The molecule has 1 heterocycles. The predicted octanol–water partition coefficient (Wildman–Crippen LogP) is 1.85. The van der Waals surface area contributed by atoms with Crippen molar-refractivity contribution in [2.45, 2.75) is 12.8 Å². The van der Waals surface area contributed by atoms with E-state index in [4.69, 9.17) is 11.6 Å². The first-order valence-corrected chi connectivity index (χ1v) is 5.68. The zero-order chi connectivity index (χ0) is 10.7. The topological polar surface area (TPSA) is 32.3 Å². The van der Waals surface area contributed by atoms with Crippen LogP contribution in [0.25, 0.3) is 0 Å². The summed E-state index contributed by atoms with van der Waals surface area (Å²) in [5.41, 5.74) is 1.23. The van der Waals surface area contributed by atoms with Crippen LogP contribution in [0.5, 0.6) is 0 Å². The largest absolute Gasteiger partial charge is 0.396 e. The molecular formula is C12H16ClNO. The van der Waals surface area contributed by atoms with E-state index in [1.54, 1.807) is 0 Å². The zero-order valence-electron chi connectivity index (χ0n) is 8.67. The lowest BCUT2D eigenvalue weighted by Gasteiger charge is -2.25. The molecule has 82 valence electrons. The van der Waals surface area contributed by atoms with Gasteiger partial charge in [-0.15, -0.1) is 0 Å². The quantitative estimate of drug-likeness (QED) is 0.823. The van der Waals surface area contributed by atoms with Crippen LogP contribution >= 0.6 is 11.6 Å². The number of hydrogen-bond donors (Lipinski definition) is 2. The molecule has 1 fully saturated rings. The Bertz CT molecular complexity index is 334. The van der Waals surface area contributed by atoms with Crippen LogP contribution in [0.3, 0.4) is 0 Å². The molecule has 0 radical (unpaired) electrons. The third-order valence-electron chi connectivity index (χ3n) is 3.14. The summed E-state index contributed by atoms with van der Waals surface area (Å²) in [7, 11) is 0. The lowest BCUT2D eigenvalue weighted by molar-refractivity contribution is 0.143. The van der Waals surface area contributed by atoms with Crippen molar-refractivity contribution in [2.24, 2.45) is 5.41 Å². The van der Waals surface area contributed by atoms with Crippen LogP contribution in [0.4, 0.5) is 0 Å². The van der Waals surface area contributed by atoms with Crippen molar-refractivity contribution in [1.29, 1.82) is 0 Å². The molecule has 2 N–H and O–H groups in total. The number of halogens is 1. The van der Waals surface area contributed by atoms with Crippen LogP contribution in [0, 0.1) is 5.41 Å². The summed E-state index contributed by atoms with van der Waals surface area (Å²) < 4.78 is 0. The minimum atomic E-state index is 0.0185. The van der Waals surface area contributed by atoms with Gasteiger partial charge in [0.15, 0.2) is 0 Å². The summed E-state index contributed by atoms with van der Waals surface area (Å²) in [5.74, 6) is 0. The van der Waals surface area contributed by atoms with Gasteiger partial charge in [-0.25, -0.2) is 0 Å². The molecule has 1 atom stereocenters. The molecule has 2 nitrogen and oxygen atoms in total. The van der Waals surface area contributed by atoms with Gasteiger partial charge in [0.2, 0.25) is 0 Å². The lowest BCUT2D eigenvalue weighted by Crippen LogP contribution is -2.30. The number of nitrogens with one attached hydrogen (secondary N) is 1. The minimum absolute atomic E-state index is 0.0185. The molecule has 0 aromatic heterocycles. The average Bonchev–Trinajstić information content (AvgIpc) is 2.67. The molecule has 0 saturated carbocycles. The number of rotatable bonds is 3. The third kappa shape index (κ3) is 2.51. The summed E-state index contributed by atoms with van der Waals surface area (Å²) in [4.78, 5) is 0. The lowest BCUT2D eigenvalue weighted by atomic mass is 9.82. The highest BCUT2D eigenvalue weighted by molar-refractivity contribution is 6.30. The van der Waals surface area contributed by atoms with E-state index in [1.165, 1.54) is 5.56 Å². The Kier molecular flexibility index (Phi) is 3.29. The van der Waals surface area contributed by atoms with Crippen LogP contribution in [-0.4, -0.2) is 24.8 Å². The van der Waals surface area contributed by atoms with Gasteiger partial charge in [0.05, 0.1) is 6.61 Å². The van der Waals surface area contributed by atoms with Crippen molar-refractivity contribution >= 4 is 11.6 Å².